The van der Waals surface area contributed by atoms with Gasteiger partial charge in [-0.2, -0.15) is 4.98 Å². The van der Waals surface area contributed by atoms with Crippen LogP contribution >= 0.6 is 15.9 Å². The fraction of sp³-hybridized carbons (Fsp3) is 0.471. The number of halogens is 1. The van der Waals surface area contributed by atoms with Crippen molar-refractivity contribution in [3.8, 4) is 0 Å². The Morgan fingerprint density at radius 3 is 2.79 bits per heavy atom. The average molecular weight is 396 g/mol. The van der Waals surface area contributed by atoms with E-state index in [-0.39, 0.29) is 18.4 Å². The molecule has 1 aromatic carbocycles. The number of ether oxygens (including phenoxy) is 1. The van der Waals surface area contributed by atoms with E-state index in [1.54, 1.807) is 7.11 Å². The maximum Gasteiger partial charge on any atom is 0.227 e. The number of carbonyl (C=O) groups excluding carboxylic acids is 1. The molecule has 1 unspecified atom stereocenters. The summed E-state index contributed by atoms with van der Waals surface area (Å²) in [5.41, 5.74) is 1.92. The molecule has 24 heavy (non-hydrogen) atoms. The molecule has 1 heterocycles. The first-order valence-corrected chi connectivity index (χ1v) is 8.64. The van der Waals surface area contributed by atoms with E-state index in [1.807, 2.05) is 25.1 Å². The fourth-order valence-electron chi connectivity index (χ4n) is 2.20. The lowest BCUT2D eigenvalue weighted by molar-refractivity contribution is -0.116. The second-order valence-electron chi connectivity index (χ2n) is 5.86. The number of benzene rings is 1. The van der Waals surface area contributed by atoms with Crippen molar-refractivity contribution >= 4 is 27.5 Å². The number of nitrogens with one attached hydrogen (secondary N) is 1. The number of amides is 1. The number of hydrogen-bond acceptors (Lipinski definition) is 5. The highest BCUT2D eigenvalue weighted by Gasteiger charge is 2.15. The Labute approximate surface area is 150 Å². The molecular formula is C17H22BrN3O3. The Balaban J connectivity index is 1.95. The van der Waals surface area contributed by atoms with Crippen LogP contribution in [0.2, 0.25) is 0 Å². The molecule has 0 spiro atoms. The van der Waals surface area contributed by atoms with Crippen LogP contribution in [0.15, 0.2) is 27.2 Å². The van der Waals surface area contributed by atoms with Crippen LogP contribution < -0.4 is 5.32 Å². The standard InChI is InChI=1S/C17H22BrN3O3/c1-10(2)13-9-12(18)5-6-14(13)19-15(22)7-8-16-20-17(21-24-16)11(3)23-4/h5-6,9-11H,7-8H2,1-4H3,(H,19,22). The monoisotopic (exact) mass is 395 g/mol. The van der Waals surface area contributed by atoms with E-state index < -0.39 is 0 Å². The highest BCUT2D eigenvalue weighted by atomic mass is 79.9. The summed E-state index contributed by atoms with van der Waals surface area (Å²) in [6.45, 7) is 6.02. The molecule has 0 radical (unpaired) electrons. The molecule has 0 bridgehead atoms. The predicted octanol–water partition coefficient (Wildman–Crippen LogP) is 4.23. The number of rotatable bonds is 7. The lowest BCUT2D eigenvalue weighted by Gasteiger charge is -2.14. The lowest BCUT2D eigenvalue weighted by Crippen LogP contribution is -2.14. The first kappa shape index (κ1) is 18.6. The van der Waals surface area contributed by atoms with Gasteiger partial charge in [-0.3, -0.25) is 4.79 Å². The Kier molecular flexibility index (Phi) is 6.51. The first-order valence-electron chi connectivity index (χ1n) is 7.85. The molecule has 1 aromatic heterocycles. The number of aryl methyl sites for hydroxylation is 1. The number of methoxy groups -OCH3 is 1. The molecule has 0 fully saturated rings. The van der Waals surface area contributed by atoms with E-state index in [0.717, 1.165) is 15.7 Å². The Morgan fingerprint density at radius 1 is 1.38 bits per heavy atom. The second kappa shape index (κ2) is 8.39. The van der Waals surface area contributed by atoms with Crippen LogP contribution in [-0.4, -0.2) is 23.2 Å². The van der Waals surface area contributed by atoms with Gasteiger partial charge in [0.05, 0.1) is 0 Å². The topological polar surface area (TPSA) is 77.2 Å². The quantitative estimate of drug-likeness (QED) is 0.758. The molecule has 1 N–H and O–H groups in total. The van der Waals surface area contributed by atoms with Crippen molar-refractivity contribution in [2.75, 3.05) is 12.4 Å². The average Bonchev–Trinajstić information content (AvgIpc) is 3.02. The maximum absolute atomic E-state index is 12.2. The molecule has 0 aliphatic rings. The molecule has 7 heteroatoms. The van der Waals surface area contributed by atoms with Gasteiger partial charge >= 0.3 is 0 Å². The van der Waals surface area contributed by atoms with Crippen LogP contribution in [0.3, 0.4) is 0 Å². The second-order valence-corrected chi connectivity index (χ2v) is 6.77. The van der Waals surface area contributed by atoms with Gasteiger partial charge in [-0.15, -0.1) is 0 Å². The van der Waals surface area contributed by atoms with Gasteiger partial charge in [-0.1, -0.05) is 34.9 Å². The molecule has 1 atom stereocenters. The summed E-state index contributed by atoms with van der Waals surface area (Å²) in [4.78, 5) is 16.4. The van der Waals surface area contributed by atoms with E-state index in [2.05, 4.69) is 45.2 Å². The van der Waals surface area contributed by atoms with E-state index in [4.69, 9.17) is 9.26 Å². The molecule has 2 aromatic rings. The normalized spacial score (nSPS) is 12.4. The number of carbonyl (C=O) groups is 1. The van der Waals surface area contributed by atoms with E-state index >= 15 is 0 Å². The molecule has 130 valence electrons. The predicted molar refractivity (Wildman–Crippen MR) is 94.9 cm³/mol. The van der Waals surface area contributed by atoms with Gasteiger partial charge in [0.15, 0.2) is 5.82 Å². The minimum absolute atomic E-state index is 0.0845. The third-order valence-corrected chi connectivity index (χ3v) is 4.17. The van der Waals surface area contributed by atoms with Crippen LogP contribution in [0.1, 0.15) is 56.5 Å². The molecule has 0 aliphatic heterocycles. The van der Waals surface area contributed by atoms with Gasteiger partial charge in [-0.25, -0.2) is 0 Å². The zero-order valence-corrected chi connectivity index (χ0v) is 15.9. The minimum atomic E-state index is -0.229. The number of nitrogens with zero attached hydrogens (tertiary/aromatic N) is 2. The summed E-state index contributed by atoms with van der Waals surface area (Å²) in [6, 6.07) is 5.84. The van der Waals surface area contributed by atoms with E-state index in [1.165, 1.54) is 0 Å². The van der Waals surface area contributed by atoms with E-state index in [0.29, 0.717) is 24.1 Å². The SMILES string of the molecule is COC(C)c1noc(CCC(=O)Nc2ccc(Br)cc2C(C)C)n1. The molecule has 0 saturated heterocycles. The minimum Gasteiger partial charge on any atom is -0.374 e. The Morgan fingerprint density at radius 2 is 2.12 bits per heavy atom. The zero-order valence-electron chi connectivity index (χ0n) is 14.3. The summed E-state index contributed by atoms with van der Waals surface area (Å²) in [5, 5.41) is 6.80. The molecular weight excluding hydrogens is 374 g/mol. The van der Waals surface area contributed by atoms with Crippen LogP contribution in [0, 0.1) is 0 Å². The number of hydrogen-bond donors (Lipinski definition) is 1. The van der Waals surface area contributed by atoms with Crippen LogP contribution in [0.25, 0.3) is 0 Å². The maximum atomic E-state index is 12.2. The molecule has 2 rings (SSSR count). The number of aromatic nitrogens is 2. The summed E-state index contributed by atoms with van der Waals surface area (Å²) < 4.78 is 11.3. The molecule has 0 saturated carbocycles. The van der Waals surface area contributed by atoms with Crippen molar-refractivity contribution in [1.82, 2.24) is 10.1 Å². The van der Waals surface area contributed by atoms with Gasteiger partial charge < -0.3 is 14.6 Å². The Bertz CT molecular complexity index is 700. The summed E-state index contributed by atoms with van der Waals surface area (Å²) in [7, 11) is 1.58. The number of anilines is 1. The molecule has 6 nitrogen and oxygen atoms in total. The van der Waals surface area contributed by atoms with Crippen LogP contribution in [0.5, 0.6) is 0 Å². The third kappa shape index (κ3) is 4.88. The largest absolute Gasteiger partial charge is 0.374 e. The summed E-state index contributed by atoms with van der Waals surface area (Å²) in [6.07, 6.45) is 0.437. The Hall–Kier alpha value is -1.73. The fourth-order valence-corrected chi connectivity index (χ4v) is 2.58. The van der Waals surface area contributed by atoms with Gasteiger partial charge in [-0.05, 0) is 36.6 Å². The van der Waals surface area contributed by atoms with Crippen molar-refractivity contribution in [3.63, 3.8) is 0 Å². The molecule has 1 amide bonds. The first-order chi connectivity index (χ1) is 11.4. The van der Waals surface area contributed by atoms with Gasteiger partial charge in [0.25, 0.3) is 0 Å². The van der Waals surface area contributed by atoms with Crippen molar-refractivity contribution in [2.45, 2.75) is 45.6 Å². The van der Waals surface area contributed by atoms with Crippen LogP contribution in [-0.2, 0) is 16.0 Å². The smallest absolute Gasteiger partial charge is 0.227 e. The van der Waals surface area contributed by atoms with Gasteiger partial charge in [0.2, 0.25) is 11.8 Å². The van der Waals surface area contributed by atoms with Gasteiger partial charge in [0, 0.05) is 30.1 Å². The third-order valence-electron chi connectivity index (χ3n) is 3.68. The zero-order chi connectivity index (χ0) is 17.7. The van der Waals surface area contributed by atoms with Crippen molar-refractivity contribution in [2.24, 2.45) is 0 Å². The lowest BCUT2D eigenvalue weighted by atomic mass is 10.0. The highest BCUT2D eigenvalue weighted by Crippen LogP contribution is 2.27. The van der Waals surface area contributed by atoms with Crippen molar-refractivity contribution in [3.05, 3.63) is 40.0 Å². The van der Waals surface area contributed by atoms with Crippen molar-refractivity contribution < 1.29 is 14.1 Å². The summed E-state index contributed by atoms with van der Waals surface area (Å²) in [5.74, 6) is 1.15. The van der Waals surface area contributed by atoms with Crippen molar-refractivity contribution in [1.29, 1.82) is 0 Å². The van der Waals surface area contributed by atoms with E-state index in [9.17, 15) is 4.79 Å². The molecule has 0 aliphatic carbocycles. The summed E-state index contributed by atoms with van der Waals surface area (Å²) >= 11 is 3.46. The highest BCUT2D eigenvalue weighted by molar-refractivity contribution is 9.10. The van der Waals surface area contributed by atoms with Gasteiger partial charge in [0.1, 0.15) is 6.10 Å². The van der Waals surface area contributed by atoms with Crippen LogP contribution in [0.4, 0.5) is 5.69 Å².